The van der Waals surface area contributed by atoms with Crippen molar-refractivity contribution in [2.75, 3.05) is 13.7 Å². The number of hydrogen-bond acceptors (Lipinski definition) is 5. The number of likely N-dealkylation sites (tertiary alicyclic amines) is 1. The first-order valence-electron chi connectivity index (χ1n) is 8.15. The second-order valence-corrected chi connectivity index (χ2v) is 6.71. The third-order valence-corrected chi connectivity index (χ3v) is 4.26. The van der Waals surface area contributed by atoms with Gasteiger partial charge in [-0.2, -0.15) is 0 Å². The SMILES string of the molecule is COC(=O)[C@@H](NC(=O)[C@@H]1CCCN1C(=O)[C@@H](N)C(C)C)C(C)C. The van der Waals surface area contributed by atoms with Crippen LogP contribution in [0.2, 0.25) is 0 Å². The highest BCUT2D eigenvalue weighted by molar-refractivity contribution is 5.92. The number of nitrogens with one attached hydrogen (secondary N) is 1. The van der Waals surface area contributed by atoms with Gasteiger partial charge < -0.3 is 20.7 Å². The summed E-state index contributed by atoms with van der Waals surface area (Å²) in [7, 11) is 1.29. The summed E-state index contributed by atoms with van der Waals surface area (Å²) in [4.78, 5) is 38.3. The molecule has 2 amide bonds. The standard InChI is InChI=1S/C16H29N3O4/c1-9(2)12(17)15(21)19-8-6-7-11(19)14(20)18-13(10(3)4)16(22)23-5/h9-13H,6-8,17H2,1-5H3,(H,18,20)/t11-,12-,13-/m0/s1. The van der Waals surface area contributed by atoms with E-state index in [0.29, 0.717) is 13.0 Å². The molecule has 3 N–H and O–H groups in total. The van der Waals surface area contributed by atoms with E-state index in [1.807, 2.05) is 27.7 Å². The molecular formula is C16H29N3O4. The first kappa shape index (κ1) is 19.4. The van der Waals surface area contributed by atoms with Gasteiger partial charge in [0.05, 0.1) is 13.2 Å². The summed E-state index contributed by atoms with van der Waals surface area (Å²) in [5.74, 6) is -1.11. The van der Waals surface area contributed by atoms with Gasteiger partial charge in [-0.1, -0.05) is 27.7 Å². The molecule has 1 aliphatic rings. The van der Waals surface area contributed by atoms with Crippen molar-refractivity contribution in [2.45, 2.75) is 58.7 Å². The van der Waals surface area contributed by atoms with Crippen LogP contribution in [0.4, 0.5) is 0 Å². The van der Waals surface area contributed by atoms with Crippen molar-refractivity contribution in [1.29, 1.82) is 0 Å². The van der Waals surface area contributed by atoms with Gasteiger partial charge in [0.25, 0.3) is 0 Å². The molecule has 1 fully saturated rings. The largest absolute Gasteiger partial charge is 0.467 e. The molecule has 0 unspecified atom stereocenters. The zero-order valence-electron chi connectivity index (χ0n) is 14.7. The number of nitrogens with two attached hydrogens (primary N) is 1. The van der Waals surface area contributed by atoms with Crippen molar-refractivity contribution >= 4 is 17.8 Å². The van der Waals surface area contributed by atoms with Crippen LogP contribution in [0.1, 0.15) is 40.5 Å². The molecule has 132 valence electrons. The second kappa shape index (κ2) is 8.29. The molecule has 1 aliphatic heterocycles. The maximum absolute atomic E-state index is 12.5. The average molecular weight is 327 g/mol. The minimum atomic E-state index is -0.719. The van der Waals surface area contributed by atoms with Crippen LogP contribution < -0.4 is 11.1 Å². The van der Waals surface area contributed by atoms with Gasteiger partial charge >= 0.3 is 5.97 Å². The molecule has 0 aliphatic carbocycles. The van der Waals surface area contributed by atoms with E-state index in [0.717, 1.165) is 6.42 Å². The number of amides is 2. The number of carbonyl (C=O) groups is 3. The van der Waals surface area contributed by atoms with Crippen molar-refractivity contribution in [2.24, 2.45) is 17.6 Å². The molecule has 0 aromatic heterocycles. The molecule has 0 aromatic carbocycles. The predicted octanol–water partition coefficient (Wildman–Crippen LogP) is 0.275. The quantitative estimate of drug-likeness (QED) is 0.682. The lowest BCUT2D eigenvalue weighted by molar-refractivity contribution is -0.147. The molecule has 0 aromatic rings. The fourth-order valence-electron chi connectivity index (χ4n) is 2.65. The fraction of sp³-hybridized carbons (Fsp3) is 0.812. The van der Waals surface area contributed by atoms with Gasteiger partial charge in [0.1, 0.15) is 12.1 Å². The van der Waals surface area contributed by atoms with Crippen LogP contribution in [0.5, 0.6) is 0 Å². The highest BCUT2D eigenvalue weighted by Crippen LogP contribution is 2.20. The molecular weight excluding hydrogens is 298 g/mol. The van der Waals surface area contributed by atoms with Gasteiger partial charge in [-0.05, 0) is 24.7 Å². The Bertz CT molecular complexity index is 451. The zero-order chi connectivity index (χ0) is 17.7. The fourth-order valence-corrected chi connectivity index (χ4v) is 2.65. The highest BCUT2D eigenvalue weighted by atomic mass is 16.5. The van der Waals surface area contributed by atoms with E-state index in [2.05, 4.69) is 5.32 Å². The number of esters is 1. The van der Waals surface area contributed by atoms with E-state index < -0.39 is 24.1 Å². The minimum absolute atomic E-state index is 0.00490. The number of nitrogens with zero attached hydrogens (tertiary/aromatic N) is 1. The molecule has 0 spiro atoms. The Morgan fingerprint density at radius 3 is 2.26 bits per heavy atom. The molecule has 3 atom stereocenters. The van der Waals surface area contributed by atoms with E-state index in [1.165, 1.54) is 12.0 Å². The van der Waals surface area contributed by atoms with Crippen molar-refractivity contribution in [3.8, 4) is 0 Å². The van der Waals surface area contributed by atoms with Crippen molar-refractivity contribution < 1.29 is 19.1 Å². The summed E-state index contributed by atoms with van der Waals surface area (Å²) < 4.78 is 4.73. The first-order chi connectivity index (χ1) is 10.7. The summed E-state index contributed by atoms with van der Waals surface area (Å²) in [5, 5.41) is 2.71. The van der Waals surface area contributed by atoms with E-state index in [-0.39, 0.29) is 23.7 Å². The monoisotopic (exact) mass is 327 g/mol. The number of hydrogen-bond donors (Lipinski definition) is 2. The van der Waals surface area contributed by atoms with Crippen molar-refractivity contribution in [3.05, 3.63) is 0 Å². The van der Waals surface area contributed by atoms with Crippen LogP contribution in [0.3, 0.4) is 0 Å². The van der Waals surface area contributed by atoms with E-state index >= 15 is 0 Å². The minimum Gasteiger partial charge on any atom is -0.467 e. The zero-order valence-corrected chi connectivity index (χ0v) is 14.7. The van der Waals surface area contributed by atoms with Gasteiger partial charge in [0.2, 0.25) is 11.8 Å². The molecule has 0 bridgehead atoms. The maximum Gasteiger partial charge on any atom is 0.328 e. The van der Waals surface area contributed by atoms with Crippen LogP contribution in [0.15, 0.2) is 0 Å². The summed E-state index contributed by atoms with van der Waals surface area (Å²) in [6, 6.07) is -1.91. The normalized spacial score (nSPS) is 20.5. The summed E-state index contributed by atoms with van der Waals surface area (Å²) >= 11 is 0. The van der Waals surface area contributed by atoms with E-state index in [4.69, 9.17) is 10.5 Å². The van der Waals surface area contributed by atoms with Gasteiger partial charge in [-0.15, -0.1) is 0 Å². The Morgan fingerprint density at radius 2 is 1.78 bits per heavy atom. The van der Waals surface area contributed by atoms with Crippen molar-refractivity contribution in [1.82, 2.24) is 10.2 Å². The first-order valence-corrected chi connectivity index (χ1v) is 8.15. The average Bonchev–Trinajstić information content (AvgIpc) is 2.99. The van der Waals surface area contributed by atoms with Gasteiger partial charge in [-0.3, -0.25) is 9.59 Å². The Morgan fingerprint density at radius 1 is 1.17 bits per heavy atom. The third kappa shape index (κ3) is 4.67. The Balaban J connectivity index is 2.81. The molecule has 7 heteroatoms. The molecule has 7 nitrogen and oxygen atoms in total. The molecule has 1 heterocycles. The van der Waals surface area contributed by atoms with E-state index in [1.54, 1.807) is 0 Å². The molecule has 23 heavy (non-hydrogen) atoms. The maximum atomic E-state index is 12.5. The van der Waals surface area contributed by atoms with Crippen LogP contribution >= 0.6 is 0 Å². The lowest BCUT2D eigenvalue weighted by Crippen LogP contribution is -2.55. The van der Waals surface area contributed by atoms with E-state index in [9.17, 15) is 14.4 Å². The van der Waals surface area contributed by atoms with Crippen LogP contribution in [0.25, 0.3) is 0 Å². The lowest BCUT2D eigenvalue weighted by atomic mass is 10.0. The van der Waals surface area contributed by atoms with Crippen molar-refractivity contribution in [3.63, 3.8) is 0 Å². The summed E-state index contributed by atoms with van der Waals surface area (Å²) in [5.41, 5.74) is 5.92. The summed E-state index contributed by atoms with van der Waals surface area (Å²) in [6.45, 7) is 7.92. The predicted molar refractivity (Wildman–Crippen MR) is 86.3 cm³/mol. The van der Waals surface area contributed by atoms with Crippen LogP contribution in [0, 0.1) is 11.8 Å². The summed E-state index contributed by atoms with van der Waals surface area (Å²) in [6.07, 6.45) is 1.33. The van der Waals surface area contributed by atoms with Gasteiger partial charge in [0.15, 0.2) is 0 Å². The van der Waals surface area contributed by atoms with Gasteiger partial charge in [-0.25, -0.2) is 4.79 Å². The number of ether oxygens (including phenoxy) is 1. The number of carbonyl (C=O) groups excluding carboxylic acids is 3. The topological polar surface area (TPSA) is 102 Å². The highest BCUT2D eigenvalue weighted by Gasteiger charge is 2.38. The van der Waals surface area contributed by atoms with Gasteiger partial charge in [0, 0.05) is 6.54 Å². The Kier molecular flexibility index (Phi) is 7.00. The number of methoxy groups -OCH3 is 1. The van der Waals surface area contributed by atoms with Crippen LogP contribution in [-0.2, 0) is 19.1 Å². The smallest absolute Gasteiger partial charge is 0.328 e. The molecule has 0 saturated carbocycles. The molecule has 1 saturated heterocycles. The Hall–Kier alpha value is -1.63. The Labute approximate surface area is 137 Å². The lowest BCUT2D eigenvalue weighted by Gasteiger charge is -2.29. The number of rotatable bonds is 6. The second-order valence-electron chi connectivity index (χ2n) is 6.71. The van der Waals surface area contributed by atoms with Crippen LogP contribution in [-0.4, -0.2) is 54.5 Å². The third-order valence-electron chi connectivity index (χ3n) is 4.26. The molecule has 1 rings (SSSR count). The molecule has 0 radical (unpaired) electrons.